The van der Waals surface area contributed by atoms with Gasteiger partial charge in [-0.3, -0.25) is 4.79 Å². The number of nitrogens with one attached hydrogen (secondary N) is 2. The SMILES string of the molecule is COC(=O)Cc1cnc(NCC2CCC(Nc3ccc4ccnc(Cl)c4n3)CC2)nc1. The molecule has 1 aliphatic rings. The van der Waals surface area contributed by atoms with E-state index in [4.69, 9.17) is 11.6 Å². The summed E-state index contributed by atoms with van der Waals surface area (Å²) < 4.78 is 4.65. The van der Waals surface area contributed by atoms with Crippen LogP contribution < -0.4 is 10.6 Å². The number of methoxy groups -OCH3 is 1. The fourth-order valence-corrected chi connectivity index (χ4v) is 4.03. The zero-order chi connectivity index (χ0) is 21.6. The highest BCUT2D eigenvalue weighted by Gasteiger charge is 2.21. The quantitative estimate of drug-likeness (QED) is 0.421. The van der Waals surface area contributed by atoms with Gasteiger partial charge in [-0.1, -0.05) is 11.6 Å². The Labute approximate surface area is 185 Å². The van der Waals surface area contributed by atoms with Gasteiger partial charge >= 0.3 is 5.97 Å². The van der Waals surface area contributed by atoms with Crippen molar-refractivity contribution in [3.63, 3.8) is 0 Å². The number of carbonyl (C=O) groups is 1. The number of esters is 1. The molecule has 0 spiro atoms. The van der Waals surface area contributed by atoms with Gasteiger partial charge in [0.2, 0.25) is 5.95 Å². The lowest BCUT2D eigenvalue weighted by atomic mass is 9.86. The average molecular weight is 441 g/mol. The molecule has 0 saturated heterocycles. The zero-order valence-electron chi connectivity index (χ0n) is 17.3. The number of anilines is 2. The molecule has 0 unspecified atom stereocenters. The lowest BCUT2D eigenvalue weighted by Crippen LogP contribution is -2.29. The van der Waals surface area contributed by atoms with Crippen LogP contribution in [0, 0.1) is 5.92 Å². The normalized spacial score (nSPS) is 18.5. The Balaban J connectivity index is 1.24. The third kappa shape index (κ3) is 5.58. The van der Waals surface area contributed by atoms with Gasteiger partial charge in [0.15, 0.2) is 5.15 Å². The van der Waals surface area contributed by atoms with Crippen molar-refractivity contribution in [2.24, 2.45) is 5.92 Å². The van der Waals surface area contributed by atoms with Crippen molar-refractivity contribution in [2.75, 3.05) is 24.3 Å². The highest BCUT2D eigenvalue weighted by atomic mass is 35.5. The molecule has 162 valence electrons. The van der Waals surface area contributed by atoms with Crippen LogP contribution in [0.2, 0.25) is 5.15 Å². The Morgan fingerprint density at radius 2 is 1.90 bits per heavy atom. The molecule has 3 heterocycles. The van der Waals surface area contributed by atoms with Crippen LogP contribution in [0.15, 0.2) is 36.8 Å². The van der Waals surface area contributed by atoms with E-state index in [-0.39, 0.29) is 12.4 Å². The van der Waals surface area contributed by atoms with E-state index in [0.717, 1.165) is 54.5 Å². The van der Waals surface area contributed by atoms with Crippen LogP contribution in [0.5, 0.6) is 0 Å². The van der Waals surface area contributed by atoms with Crippen molar-refractivity contribution in [2.45, 2.75) is 38.1 Å². The topological polar surface area (TPSA) is 102 Å². The molecule has 3 aromatic heterocycles. The molecule has 0 aromatic carbocycles. The van der Waals surface area contributed by atoms with E-state index in [2.05, 4.69) is 35.3 Å². The Morgan fingerprint density at radius 1 is 1.13 bits per heavy atom. The van der Waals surface area contributed by atoms with E-state index in [9.17, 15) is 4.79 Å². The van der Waals surface area contributed by atoms with Gasteiger partial charge in [-0.05, 0) is 49.8 Å². The molecule has 1 saturated carbocycles. The largest absolute Gasteiger partial charge is 0.469 e. The highest BCUT2D eigenvalue weighted by Crippen LogP contribution is 2.27. The third-order valence-electron chi connectivity index (χ3n) is 5.59. The fourth-order valence-electron chi connectivity index (χ4n) is 3.83. The van der Waals surface area contributed by atoms with Gasteiger partial charge < -0.3 is 15.4 Å². The highest BCUT2D eigenvalue weighted by molar-refractivity contribution is 6.33. The summed E-state index contributed by atoms with van der Waals surface area (Å²) in [5.41, 5.74) is 1.47. The van der Waals surface area contributed by atoms with E-state index in [1.54, 1.807) is 18.6 Å². The van der Waals surface area contributed by atoms with Gasteiger partial charge in [0.05, 0.1) is 13.5 Å². The summed E-state index contributed by atoms with van der Waals surface area (Å²) in [6, 6.07) is 6.31. The first-order valence-corrected chi connectivity index (χ1v) is 10.8. The van der Waals surface area contributed by atoms with Crippen LogP contribution >= 0.6 is 11.6 Å². The predicted octanol–water partition coefficient (Wildman–Crippen LogP) is 3.87. The number of pyridine rings is 2. The van der Waals surface area contributed by atoms with Crippen molar-refractivity contribution in [3.8, 4) is 0 Å². The monoisotopic (exact) mass is 440 g/mol. The van der Waals surface area contributed by atoms with Gasteiger partial charge in [0, 0.05) is 42.1 Å². The van der Waals surface area contributed by atoms with E-state index >= 15 is 0 Å². The summed E-state index contributed by atoms with van der Waals surface area (Å²) >= 11 is 6.17. The minimum Gasteiger partial charge on any atom is -0.469 e. The molecular weight excluding hydrogens is 416 g/mol. The maximum absolute atomic E-state index is 11.3. The van der Waals surface area contributed by atoms with Crippen molar-refractivity contribution in [1.82, 2.24) is 19.9 Å². The molecule has 4 rings (SSSR count). The van der Waals surface area contributed by atoms with Crippen LogP contribution in [0.25, 0.3) is 10.9 Å². The molecule has 31 heavy (non-hydrogen) atoms. The van der Waals surface area contributed by atoms with Crippen molar-refractivity contribution < 1.29 is 9.53 Å². The third-order valence-corrected chi connectivity index (χ3v) is 5.87. The van der Waals surface area contributed by atoms with Gasteiger partial charge in [0.25, 0.3) is 0 Å². The molecule has 0 aliphatic heterocycles. The number of nitrogens with zero attached hydrogens (tertiary/aromatic N) is 4. The van der Waals surface area contributed by atoms with Crippen LogP contribution in [0.1, 0.15) is 31.2 Å². The second-order valence-corrected chi connectivity index (χ2v) is 8.14. The number of hydrogen-bond acceptors (Lipinski definition) is 8. The molecule has 0 radical (unpaired) electrons. The Bertz CT molecular complexity index is 1040. The Morgan fingerprint density at radius 3 is 2.65 bits per heavy atom. The number of halogens is 1. The molecule has 3 aromatic rings. The summed E-state index contributed by atoms with van der Waals surface area (Å²) in [6.07, 6.45) is 9.56. The zero-order valence-corrected chi connectivity index (χ0v) is 18.1. The summed E-state index contributed by atoms with van der Waals surface area (Å²) in [4.78, 5) is 28.6. The molecular formula is C22H25ClN6O2. The maximum atomic E-state index is 11.3. The number of fused-ring (bicyclic) bond motifs is 1. The van der Waals surface area contributed by atoms with Crippen molar-refractivity contribution in [1.29, 1.82) is 0 Å². The number of aromatic nitrogens is 4. The van der Waals surface area contributed by atoms with Crippen molar-refractivity contribution >= 4 is 40.2 Å². The average Bonchev–Trinajstić information content (AvgIpc) is 2.80. The summed E-state index contributed by atoms with van der Waals surface area (Å²) in [5.74, 6) is 1.69. The smallest absolute Gasteiger partial charge is 0.310 e. The molecule has 0 bridgehead atoms. The van der Waals surface area contributed by atoms with Gasteiger partial charge in [-0.15, -0.1) is 0 Å². The lowest BCUT2D eigenvalue weighted by molar-refractivity contribution is -0.139. The molecule has 9 heteroatoms. The number of rotatable bonds is 7. The van der Waals surface area contributed by atoms with Crippen LogP contribution in [0.4, 0.5) is 11.8 Å². The summed E-state index contributed by atoms with van der Waals surface area (Å²) in [7, 11) is 1.37. The minimum absolute atomic E-state index is 0.183. The first kappa shape index (κ1) is 21.2. The predicted molar refractivity (Wildman–Crippen MR) is 120 cm³/mol. The minimum atomic E-state index is -0.298. The summed E-state index contributed by atoms with van der Waals surface area (Å²) in [6.45, 7) is 0.832. The number of ether oxygens (including phenoxy) is 1. The second-order valence-electron chi connectivity index (χ2n) is 7.78. The first-order chi connectivity index (χ1) is 15.1. The Hall–Kier alpha value is -3.00. The molecule has 1 aliphatic carbocycles. The number of carbonyl (C=O) groups excluding carboxylic acids is 1. The van der Waals surface area contributed by atoms with E-state index in [1.165, 1.54) is 7.11 Å². The van der Waals surface area contributed by atoms with E-state index < -0.39 is 0 Å². The molecule has 0 atom stereocenters. The first-order valence-electron chi connectivity index (χ1n) is 10.4. The van der Waals surface area contributed by atoms with Gasteiger partial charge in [-0.25, -0.2) is 19.9 Å². The second kappa shape index (κ2) is 9.87. The van der Waals surface area contributed by atoms with Crippen LogP contribution in [-0.2, 0) is 16.0 Å². The van der Waals surface area contributed by atoms with Crippen molar-refractivity contribution in [3.05, 3.63) is 47.5 Å². The molecule has 0 amide bonds. The van der Waals surface area contributed by atoms with E-state index in [0.29, 0.717) is 23.1 Å². The van der Waals surface area contributed by atoms with Gasteiger partial charge in [-0.2, -0.15) is 0 Å². The molecule has 1 fully saturated rings. The van der Waals surface area contributed by atoms with Crippen LogP contribution in [-0.4, -0.2) is 45.6 Å². The standard InChI is InChI=1S/C22H25ClN6O2/c1-31-19(30)10-15-12-26-22(27-13-15)25-11-14-2-5-17(6-3-14)28-18-7-4-16-8-9-24-21(23)20(16)29-18/h4,7-9,12-14,17H,2-3,5-6,10-11H2,1H3,(H,28,29)(H,25,26,27). The summed E-state index contributed by atoms with van der Waals surface area (Å²) in [5, 5.41) is 8.26. The van der Waals surface area contributed by atoms with E-state index in [1.807, 2.05) is 18.2 Å². The molecule has 2 N–H and O–H groups in total. The lowest BCUT2D eigenvalue weighted by Gasteiger charge is -2.29. The molecule has 8 nitrogen and oxygen atoms in total. The Kier molecular flexibility index (Phi) is 6.76. The number of hydrogen-bond donors (Lipinski definition) is 2. The van der Waals surface area contributed by atoms with Crippen LogP contribution in [0.3, 0.4) is 0 Å². The van der Waals surface area contributed by atoms with Gasteiger partial charge in [0.1, 0.15) is 11.3 Å². The fraction of sp³-hybridized carbons (Fsp3) is 0.409. The maximum Gasteiger partial charge on any atom is 0.310 e.